The molecule has 0 aliphatic heterocycles. The molecule has 2 nitrogen and oxygen atoms in total. The predicted octanol–water partition coefficient (Wildman–Crippen LogP) is 4.50. The molecule has 0 bridgehead atoms. The standard InChI is InChI=1S/C17H17BrFNO/c18-17-12(4-1-5-15(17)19)10-21-13-8-7-11-3-2-6-16(20)14(11)9-13/h1,4-5,7-9,16H,2-3,6,10,20H2. The summed E-state index contributed by atoms with van der Waals surface area (Å²) in [4.78, 5) is 0. The lowest BCUT2D eigenvalue weighted by atomic mass is 9.88. The maximum Gasteiger partial charge on any atom is 0.137 e. The summed E-state index contributed by atoms with van der Waals surface area (Å²) in [6.45, 7) is 0.326. The third kappa shape index (κ3) is 3.11. The van der Waals surface area contributed by atoms with Crippen molar-refractivity contribution in [2.45, 2.75) is 31.9 Å². The van der Waals surface area contributed by atoms with E-state index in [-0.39, 0.29) is 11.9 Å². The summed E-state index contributed by atoms with van der Waals surface area (Å²) >= 11 is 3.25. The van der Waals surface area contributed by atoms with Crippen LogP contribution in [0.2, 0.25) is 0 Å². The number of hydrogen-bond donors (Lipinski definition) is 1. The summed E-state index contributed by atoms with van der Waals surface area (Å²) in [5, 5.41) is 0. The monoisotopic (exact) mass is 349 g/mol. The minimum atomic E-state index is -0.274. The number of halogens is 2. The van der Waals surface area contributed by atoms with Gasteiger partial charge in [0.2, 0.25) is 0 Å². The van der Waals surface area contributed by atoms with Crippen LogP contribution < -0.4 is 10.5 Å². The molecular formula is C17H17BrFNO. The molecule has 0 heterocycles. The van der Waals surface area contributed by atoms with Gasteiger partial charge in [0.1, 0.15) is 18.2 Å². The Labute approximate surface area is 132 Å². The lowest BCUT2D eigenvalue weighted by Gasteiger charge is -2.22. The van der Waals surface area contributed by atoms with E-state index in [0.29, 0.717) is 11.1 Å². The fourth-order valence-electron chi connectivity index (χ4n) is 2.72. The normalized spacial score (nSPS) is 17.4. The molecule has 2 N–H and O–H groups in total. The first-order valence-corrected chi connectivity index (χ1v) is 7.88. The molecule has 1 atom stereocenters. The summed E-state index contributed by atoms with van der Waals surface area (Å²) in [5.41, 5.74) is 9.43. The van der Waals surface area contributed by atoms with Crippen molar-refractivity contribution >= 4 is 15.9 Å². The summed E-state index contributed by atoms with van der Waals surface area (Å²) in [7, 11) is 0. The highest BCUT2D eigenvalue weighted by Gasteiger charge is 2.17. The van der Waals surface area contributed by atoms with Gasteiger partial charge >= 0.3 is 0 Å². The molecule has 110 valence electrons. The van der Waals surface area contributed by atoms with Crippen molar-refractivity contribution in [3.8, 4) is 5.75 Å². The van der Waals surface area contributed by atoms with Gasteiger partial charge in [0.05, 0.1) is 4.47 Å². The molecule has 0 spiro atoms. The number of hydrogen-bond acceptors (Lipinski definition) is 2. The van der Waals surface area contributed by atoms with Gasteiger partial charge in [-0.05, 0) is 64.5 Å². The van der Waals surface area contributed by atoms with Crippen molar-refractivity contribution in [3.05, 3.63) is 63.4 Å². The number of rotatable bonds is 3. The van der Waals surface area contributed by atoms with Crippen LogP contribution >= 0.6 is 15.9 Å². The minimum Gasteiger partial charge on any atom is -0.489 e. The van der Waals surface area contributed by atoms with Crippen molar-refractivity contribution < 1.29 is 9.13 Å². The summed E-state index contributed by atoms with van der Waals surface area (Å²) in [6.07, 6.45) is 3.25. The molecule has 0 aromatic heterocycles. The Kier molecular flexibility index (Phi) is 4.27. The Hall–Kier alpha value is -1.39. The number of benzene rings is 2. The molecule has 1 unspecified atom stereocenters. The number of fused-ring (bicyclic) bond motifs is 1. The number of ether oxygens (including phenoxy) is 1. The van der Waals surface area contributed by atoms with Gasteiger partial charge in [-0.1, -0.05) is 18.2 Å². The Morgan fingerprint density at radius 1 is 1.29 bits per heavy atom. The Morgan fingerprint density at radius 3 is 3.00 bits per heavy atom. The van der Waals surface area contributed by atoms with Gasteiger partial charge in [0.15, 0.2) is 0 Å². The van der Waals surface area contributed by atoms with Crippen LogP contribution in [0.25, 0.3) is 0 Å². The third-order valence-electron chi connectivity index (χ3n) is 3.90. The number of nitrogens with two attached hydrogens (primary N) is 1. The van der Waals surface area contributed by atoms with Crippen LogP contribution in [0.15, 0.2) is 40.9 Å². The van der Waals surface area contributed by atoms with Crippen LogP contribution in [0.3, 0.4) is 0 Å². The molecule has 0 fully saturated rings. The molecule has 2 aromatic rings. The van der Waals surface area contributed by atoms with Crippen molar-refractivity contribution in [2.75, 3.05) is 0 Å². The number of aryl methyl sites for hydroxylation is 1. The van der Waals surface area contributed by atoms with Crippen LogP contribution in [0, 0.1) is 5.82 Å². The van der Waals surface area contributed by atoms with Crippen LogP contribution in [0.4, 0.5) is 4.39 Å². The zero-order valence-electron chi connectivity index (χ0n) is 11.6. The zero-order chi connectivity index (χ0) is 14.8. The van der Waals surface area contributed by atoms with Gasteiger partial charge in [-0.3, -0.25) is 0 Å². The van der Waals surface area contributed by atoms with E-state index in [0.717, 1.165) is 30.6 Å². The van der Waals surface area contributed by atoms with Gasteiger partial charge in [-0.15, -0.1) is 0 Å². The molecule has 21 heavy (non-hydrogen) atoms. The maximum absolute atomic E-state index is 13.5. The fourth-order valence-corrected chi connectivity index (χ4v) is 3.10. The second kappa shape index (κ2) is 6.16. The first-order valence-electron chi connectivity index (χ1n) is 7.09. The molecule has 0 radical (unpaired) electrons. The van der Waals surface area contributed by atoms with Crippen LogP contribution in [0.5, 0.6) is 5.75 Å². The second-order valence-electron chi connectivity index (χ2n) is 5.36. The van der Waals surface area contributed by atoms with Gasteiger partial charge in [-0.2, -0.15) is 0 Å². The zero-order valence-corrected chi connectivity index (χ0v) is 13.2. The van der Waals surface area contributed by atoms with Gasteiger partial charge < -0.3 is 10.5 Å². The van der Waals surface area contributed by atoms with E-state index in [1.165, 1.54) is 17.2 Å². The molecular weight excluding hydrogens is 333 g/mol. The minimum absolute atomic E-state index is 0.0956. The van der Waals surface area contributed by atoms with Gasteiger partial charge in [-0.25, -0.2) is 4.39 Å². The Balaban J connectivity index is 1.77. The largest absolute Gasteiger partial charge is 0.489 e. The topological polar surface area (TPSA) is 35.2 Å². The molecule has 1 aliphatic carbocycles. The SMILES string of the molecule is NC1CCCc2ccc(OCc3cccc(F)c3Br)cc21. The highest BCUT2D eigenvalue weighted by atomic mass is 79.9. The lowest BCUT2D eigenvalue weighted by Crippen LogP contribution is -2.17. The van der Waals surface area contributed by atoms with E-state index in [1.54, 1.807) is 6.07 Å². The van der Waals surface area contributed by atoms with E-state index >= 15 is 0 Å². The van der Waals surface area contributed by atoms with Crippen molar-refractivity contribution in [1.29, 1.82) is 0 Å². The average Bonchev–Trinajstić information content (AvgIpc) is 2.49. The van der Waals surface area contributed by atoms with Gasteiger partial charge in [0.25, 0.3) is 0 Å². The molecule has 0 amide bonds. The second-order valence-corrected chi connectivity index (χ2v) is 6.15. The summed E-state index contributed by atoms with van der Waals surface area (Å²) < 4.78 is 19.7. The molecule has 0 saturated heterocycles. The molecule has 3 rings (SSSR count). The Morgan fingerprint density at radius 2 is 2.14 bits per heavy atom. The van der Waals surface area contributed by atoms with Crippen molar-refractivity contribution in [1.82, 2.24) is 0 Å². The third-order valence-corrected chi connectivity index (χ3v) is 4.79. The average molecular weight is 350 g/mol. The first-order chi connectivity index (χ1) is 10.1. The summed E-state index contributed by atoms with van der Waals surface area (Å²) in [5.74, 6) is 0.505. The van der Waals surface area contributed by atoms with Crippen LogP contribution in [-0.4, -0.2) is 0 Å². The van der Waals surface area contributed by atoms with E-state index in [4.69, 9.17) is 10.5 Å². The predicted molar refractivity (Wildman–Crippen MR) is 84.7 cm³/mol. The molecule has 1 aliphatic rings. The smallest absolute Gasteiger partial charge is 0.137 e. The first kappa shape index (κ1) is 14.5. The van der Waals surface area contributed by atoms with Crippen LogP contribution in [-0.2, 0) is 13.0 Å². The molecule has 4 heteroatoms. The van der Waals surface area contributed by atoms with E-state index < -0.39 is 0 Å². The maximum atomic E-state index is 13.5. The highest BCUT2D eigenvalue weighted by Crippen LogP contribution is 2.31. The fraction of sp³-hybridized carbons (Fsp3) is 0.294. The Bertz CT molecular complexity index is 659. The van der Waals surface area contributed by atoms with E-state index in [9.17, 15) is 4.39 Å². The van der Waals surface area contributed by atoms with E-state index in [1.807, 2.05) is 18.2 Å². The van der Waals surface area contributed by atoms with Crippen molar-refractivity contribution in [2.24, 2.45) is 5.73 Å². The lowest BCUT2D eigenvalue weighted by molar-refractivity contribution is 0.303. The quantitative estimate of drug-likeness (QED) is 0.884. The molecule has 0 saturated carbocycles. The van der Waals surface area contributed by atoms with Gasteiger partial charge in [0, 0.05) is 11.6 Å². The van der Waals surface area contributed by atoms with Crippen molar-refractivity contribution in [3.63, 3.8) is 0 Å². The molecule has 2 aromatic carbocycles. The van der Waals surface area contributed by atoms with Crippen LogP contribution in [0.1, 0.15) is 35.6 Å². The summed E-state index contributed by atoms with van der Waals surface area (Å²) in [6, 6.07) is 11.1. The highest BCUT2D eigenvalue weighted by molar-refractivity contribution is 9.10. The van der Waals surface area contributed by atoms with E-state index in [2.05, 4.69) is 22.0 Å².